The molecule has 0 bridgehead atoms. The Bertz CT molecular complexity index is 1400. The number of fused-ring (bicyclic) bond motifs is 2. The summed E-state index contributed by atoms with van der Waals surface area (Å²) in [5.74, 6) is -0.834. The number of benzene rings is 2. The molecule has 4 aromatic rings. The summed E-state index contributed by atoms with van der Waals surface area (Å²) in [5, 5.41) is 22.6. The van der Waals surface area contributed by atoms with Gasteiger partial charge in [0.1, 0.15) is 11.3 Å². The molecule has 5 rings (SSSR count). The van der Waals surface area contributed by atoms with Crippen molar-refractivity contribution in [3.8, 4) is 11.6 Å². The summed E-state index contributed by atoms with van der Waals surface area (Å²) in [6.07, 6.45) is 3.07. The van der Waals surface area contributed by atoms with Crippen LogP contribution in [0.2, 0.25) is 0 Å². The van der Waals surface area contributed by atoms with Crippen LogP contribution >= 0.6 is 0 Å². The van der Waals surface area contributed by atoms with Crippen LogP contribution < -0.4 is 9.03 Å². The van der Waals surface area contributed by atoms with Crippen molar-refractivity contribution in [2.75, 3.05) is 17.4 Å². The minimum absolute atomic E-state index is 0.111. The third-order valence-electron chi connectivity index (χ3n) is 5.23. The zero-order chi connectivity index (χ0) is 21.0. The van der Waals surface area contributed by atoms with Gasteiger partial charge < -0.3 is 14.8 Å². The molecule has 2 aromatic heterocycles. The maximum atomic E-state index is 13.2. The van der Waals surface area contributed by atoms with Crippen LogP contribution in [0.4, 0.5) is 10.1 Å². The minimum atomic E-state index is -3.76. The molecule has 0 amide bonds. The first-order chi connectivity index (χ1) is 14.4. The molecule has 3 N–H and O–H groups in total. The molecule has 0 aliphatic carbocycles. The number of nitrogens with zero attached hydrogens (tertiary/aromatic N) is 3. The smallest absolute Gasteiger partial charge is 0.301 e. The van der Waals surface area contributed by atoms with Gasteiger partial charge in [-0.1, -0.05) is 12.1 Å². The van der Waals surface area contributed by atoms with Crippen LogP contribution in [-0.2, 0) is 16.8 Å². The molecule has 0 atom stereocenters. The zero-order valence-electron chi connectivity index (χ0n) is 15.6. The molecule has 0 saturated carbocycles. The molecule has 1 saturated heterocycles. The van der Waals surface area contributed by atoms with Gasteiger partial charge >= 0.3 is 10.2 Å². The molecule has 0 radical (unpaired) electrons. The summed E-state index contributed by atoms with van der Waals surface area (Å²) in [6.45, 7) is 0.652. The molecular formula is C20H17FN4O4S. The highest BCUT2D eigenvalue weighted by atomic mass is 32.2. The minimum Gasteiger partial charge on any atom is -0.505 e. The lowest BCUT2D eigenvalue weighted by atomic mass is 10.1. The molecule has 0 unspecified atom stereocenters. The number of aromatic hydroxyl groups is 2. The summed E-state index contributed by atoms with van der Waals surface area (Å²) < 4.78 is 43.5. The Balaban J connectivity index is 1.80. The second-order valence-electron chi connectivity index (χ2n) is 7.06. The molecule has 10 heteroatoms. The summed E-state index contributed by atoms with van der Waals surface area (Å²) in [4.78, 5) is 4.20. The standard InChI is InChI=1S/C20H17FN4O4S/c21-13-5-3-12(4-6-13)10-24-11-15-16(20(24)27)19(26)17-14(2-1-7-22-17)18(15)25-9-8-23-30(25,28)29/h1-7,11,23,26-27H,8-10H2. The van der Waals surface area contributed by atoms with Gasteiger partial charge in [0, 0.05) is 36.3 Å². The molecule has 8 nitrogen and oxygen atoms in total. The number of phenols is 1. The van der Waals surface area contributed by atoms with Crippen molar-refractivity contribution >= 4 is 37.6 Å². The number of phenolic OH excluding ortho intramolecular Hbond substituents is 1. The number of hydrogen-bond acceptors (Lipinski definition) is 5. The quantitative estimate of drug-likeness (QED) is 0.465. The molecule has 1 aliphatic heterocycles. The third-order valence-corrected chi connectivity index (χ3v) is 6.75. The molecule has 2 aromatic carbocycles. The van der Waals surface area contributed by atoms with Gasteiger partial charge in [0.25, 0.3) is 0 Å². The molecule has 154 valence electrons. The van der Waals surface area contributed by atoms with Crippen molar-refractivity contribution in [1.29, 1.82) is 0 Å². The number of rotatable bonds is 3. The van der Waals surface area contributed by atoms with Crippen LogP contribution in [-0.4, -0.2) is 41.3 Å². The maximum Gasteiger partial charge on any atom is 0.301 e. The van der Waals surface area contributed by atoms with Gasteiger partial charge in [0.2, 0.25) is 5.88 Å². The molecule has 3 heterocycles. The first kappa shape index (κ1) is 18.6. The summed E-state index contributed by atoms with van der Waals surface area (Å²) >= 11 is 0. The van der Waals surface area contributed by atoms with Crippen molar-refractivity contribution in [1.82, 2.24) is 14.3 Å². The van der Waals surface area contributed by atoms with E-state index in [1.165, 1.54) is 27.2 Å². The molecule has 30 heavy (non-hydrogen) atoms. The Hall–Kier alpha value is -3.37. The molecule has 0 spiro atoms. The van der Waals surface area contributed by atoms with E-state index >= 15 is 0 Å². The van der Waals surface area contributed by atoms with Crippen LogP contribution in [0, 0.1) is 5.82 Å². The topological polar surface area (TPSA) is 108 Å². The van der Waals surface area contributed by atoms with E-state index in [1.807, 2.05) is 0 Å². The predicted octanol–water partition coefficient (Wildman–Crippen LogP) is 2.44. The lowest BCUT2D eigenvalue weighted by molar-refractivity contribution is 0.425. The molecule has 1 fully saturated rings. The summed E-state index contributed by atoms with van der Waals surface area (Å²) in [5.41, 5.74) is 1.26. The lowest BCUT2D eigenvalue weighted by Crippen LogP contribution is -2.29. The van der Waals surface area contributed by atoms with Crippen molar-refractivity contribution in [3.05, 3.63) is 60.2 Å². The van der Waals surface area contributed by atoms with Gasteiger partial charge in [-0.3, -0.25) is 9.29 Å². The zero-order valence-corrected chi connectivity index (χ0v) is 16.4. The van der Waals surface area contributed by atoms with Crippen LogP contribution in [0.15, 0.2) is 48.8 Å². The van der Waals surface area contributed by atoms with Crippen molar-refractivity contribution in [2.24, 2.45) is 0 Å². The van der Waals surface area contributed by atoms with Gasteiger partial charge in [0.05, 0.1) is 17.6 Å². The normalized spacial score (nSPS) is 16.0. The van der Waals surface area contributed by atoms with Crippen molar-refractivity contribution < 1.29 is 23.0 Å². The van der Waals surface area contributed by atoms with E-state index in [-0.39, 0.29) is 48.0 Å². The van der Waals surface area contributed by atoms with Gasteiger partial charge in [-0.05, 0) is 29.8 Å². The van der Waals surface area contributed by atoms with Gasteiger partial charge in [0.15, 0.2) is 5.75 Å². The highest BCUT2D eigenvalue weighted by molar-refractivity contribution is 7.91. The van der Waals surface area contributed by atoms with Crippen LogP contribution in [0.25, 0.3) is 21.7 Å². The van der Waals surface area contributed by atoms with Gasteiger partial charge in [-0.15, -0.1) is 0 Å². The monoisotopic (exact) mass is 428 g/mol. The number of hydrogen-bond donors (Lipinski definition) is 3. The Kier molecular flexibility index (Phi) is 4.09. The first-order valence-electron chi connectivity index (χ1n) is 9.20. The second-order valence-corrected chi connectivity index (χ2v) is 8.74. The Morgan fingerprint density at radius 1 is 1.13 bits per heavy atom. The maximum absolute atomic E-state index is 13.2. The Morgan fingerprint density at radius 3 is 2.60 bits per heavy atom. The van der Waals surface area contributed by atoms with Crippen LogP contribution in [0.1, 0.15) is 5.56 Å². The number of anilines is 1. The fourth-order valence-electron chi connectivity index (χ4n) is 3.89. The fourth-order valence-corrected chi connectivity index (χ4v) is 5.16. The Labute approximate surface area is 171 Å². The van der Waals surface area contributed by atoms with E-state index in [4.69, 9.17) is 0 Å². The predicted molar refractivity (Wildman–Crippen MR) is 110 cm³/mol. The fraction of sp³-hybridized carbons (Fsp3) is 0.150. The highest BCUT2D eigenvalue weighted by Gasteiger charge is 2.33. The van der Waals surface area contributed by atoms with E-state index in [9.17, 15) is 23.0 Å². The van der Waals surface area contributed by atoms with Crippen LogP contribution in [0.5, 0.6) is 11.6 Å². The Morgan fingerprint density at radius 2 is 1.90 bits per heavy atom. The molecule has 1 aliphatic rings. The molecular weight excluding hydrogens is 411 g/mol. The largest absolute Gasteiger partial charge is 0.505 e. The van der Waals surface area contributed by atoms with E-state index in [0.717, 1.165) is 5.56 Å². The number of nitrogens with one attached hydrogen (secondary N) is 1. The number of aromatic nitrogens is 2. The van der Waals surface area contributed by atoms with Crippen LogP contribution in [0.3, 0.4) is 0 Å². The summed E-state index contributed by atoms with van der Waals surface area (Å²) in [6, 6.07) is 9.15. The summed E-state index contributed by atoms with van der Waals surface area (Å²) in [7, 11) is -3.76. The second kappa shape index (κ2) is 6.57. The van der Waals surface area contributed by atoms with Crippen molar-refractivity contribution in [2.45, 2.75) is 6.54 Å². The van der Waals surface area contributed by atoms with E-state index in [0.29, 0.717) is 16.5 Å². The average molecular weight is 428 g/mol. The van der Waals surface area contributed by atoms with Gasteiger partial charge in [-0.2, -0.15) is 13.1 Å². The van der Waals surface area contributed by atoms with E-state index < -0.39 is 10.2 Å². The number of halogens is 1. The lowest BCUT2D eigenvalue weighted by Gasteiger charge is -2.19. The number of pyridine rings is 1. The van der Waals surface area contributed by atoms with E-state index in [1.54, 1.807) is 30.5 Å². The highest BCUT2D eigenvalue weighted by Crippen LogP contribution is 2.47. The average Bonchev–Trinajstić information content (AvgIpc) is 3.23. The van der Waals surface area contributed by atoms with Crippen molar-refractivity contribution in [3.63, 3.8) is 0 Å². The van der Waals surface area contributed by atoms with E-state index in [2.05, 4.69) is 9.71 Å². The first-order valence-corrected chi connectivity index (χ1v) is 10.6. The SMILES string of the molecule is O=S1(=O)NCCN1c1c2cccnc2c(O)c2c(O)n(Cc3ccc(F)cc3)cc12. The third kappa shape index (κ3) is 2.76. The van der Waals surface area contributed by atoms with Gasteiger partial charge in [-0.25, -0.2) is 4.39 Å².